The van der Waals surface area contributed by atoms with Crippen LogP contribution in [0.5, 0.6) is 0 Å². The molecule has 1 amide bonds. The number of nitrogen functional groups attached to an aromatic ring is 1. The molecule has 2 rings (SSSR count). The van der Waals surface area contributed by atoms with E-state index in [2.05, 4.69) is 32.0 Å². The molecule has 0 spiro atoms. The van der Waals surface area contributed by atoms with Crippen LogP contribution in [0.25, 0.3) is 0 Å². The highest BCUT2D eigenvalue weighted by molar-refractivity contribution is 5.93. The van der Waals surface area contributed by atoms with Crippen molar-refractivity contribution in [1.82, 2.24) is 15.3 Å². The van der Waals surface area contributed by atoms with Gasteiger partial charge in [0.05, 0.1) is 12.1 Å². The Kier molecular flexibility index (Phi) is 5.77. The first kappa shape index (κ1) is 17.0. The number of methoxy groups -OCH3 is 1. The molecule has 23 heavy (non-hydrogen) atoms. The molecule has 1 fully saturated rings. The van der Waals surface area contributed by atoms with Crippen molar-refractivity contribution in [1.29, 1.82) is 0 Å². The molecule has 1 saturated heterocycles. The predicted octanol–water partition coefficient (Wildman–Crippen LogP) is 0.428. The van der Waals surface area contributed by atoms with Crippen LogP contribution in [0, 0.1) is 17.8 Å². The number of aromatic nitrogens is 2. The van der Waals surface area contributed by atoms with Gasteiger partial charge in [-0.2, -0.15) is 0 Å². The molecule has 0 saturated carbocycles. The van der Waals surface area contributed by atoms with Gasteiger partial charge in [0.2, 0.25) is 0 Å². The number of nitrogens with two attached hydrogens (primary N) is 1. The lowest BCUT2D eigenvalue weighted by atomic mass is 10.2. The van der Waals surface area contributed by atoms with Crippen LogP contribution in [0.4, 0.5) is 11.6 Å². The maximum absolute atomic E-state index is 11.8. The smallest absolute Gasteiger partial charge is 0.295 e. The van der Waals surface area contributed by atoms with Crippen LogP contribution in [0.15, 0.2) is 12.4 Å². The summed E-state index contributed by atoms with van der Waals surface area (Å²) in [6.45, 7) is 5.07. The van der Waals surface area contributed by atoms with Crippen molar-refractivity contribution < 1.29 is 9.53 Å². The third-order valence-corrected chi connectivity index (χ3v) is 3.65. The fourth-order valence-electron chi connectivity index (χ4n) is 2.50. The zero-order chi connectivity index (χ0) is 16.8. The van der Waals surface area contributed by atoms with Gasteiger partial charge in [-0.05, 0) is 12.3 Å². The number of nitrogens with zero attached hydrogens (tertiary/aromatic N) is 3. The van der Waals surface area contributed by atoms with Gasteiger partial charge < -0.3 is 20.7 Å². The van der Waals surface area contributed by atoms with E-state index in [0.29, 0.717) is 18.9 Å². The van der Waals surface area contributed by atoms with E-state index < -0.39 is 0 Å². The van der Waals surface area contributed by atoms with Gasteiger partial charge in [0.15, 0.2) is 0 Å². The molecular formula is C16H23N5O2. The summed E-state index contributed by atoms with van der Waals surface area (Å²) in [4.78, 5) is 22.0. The Bertz CT molecular complexity index is 608. The Morgan fingerprint density at radius 1 is 1.57 bits per heavy atom. The van der Waals surface area contributed by atoms with Crippen molar-refractivity contribution in [3.05, 3.63) is 12.4 Å². The fourth-order valence-corrected chi connectivity index (χ4v) is 2.50. The van der Waals surface area contributed by atoms with Gasteiger partial charge in [-0.25, -0.2) is 9.97 Å². The van der Waals surface area contributed by atoms with Crippen LogP contribution in [-0.2, 0) is 9.53 Å². The van der Waals surface area contributed by atoms with Gasteiger partial charge in [-0.15, -0.1) is 0 Å². The first-order valence-corrected chi connectivity index (χ1v) is 7.66. The van der Waals surface area contributed by atoms with Crippen LogP contribution in [-0.4, -0.2) is 48.2 Å². The summed E-state index contributed by atoms with van der Waals surface area (Å²) >= 11 is 0. The first-order chi connectivity index (χ1) is 11.0. The normalized spacial score (nSPS) is 20.3. The molecule has 7 heteroatoms. The second kappa shape index (κ2) is 7.79. The van der Waals surface area contributed by atoms with E-state index in [1.54, 1.807) is 13.2 Å². The lowest BCUT2D eigenvalue weighted by Crippen LogP contribution is -2.40. The Balaban J connectivity index is 2.03. The van der Waals surface area contributed by atoms with Gasteiger partial charge in [0, 0.05) is 32.2 Å². The number of carbonyl (C=O) groups excluding carboxylic acids is 1. The molecule has 2 atom stereocenters. The van der Waals surface area contributed by atoms with E-state index >= 15 is 0 Å². The Labute approximate surface area is 136 Å². The predicted molar refractivity (Wildman–Crippen MR) is 88.6 cm³/mol. The molecule has 0 aromatic carbocycles. The average Bonchev–Trinajstić information content (AvgIpc) is 2.94. The van der Waals surface area contributed by atoms with Crippen LogP contribution < -0.4 is 16.0 Å². The summed E-state index contributed by atoms with van der Waals surface area (Å²) in [6.07, 6.45) is 2.34. The van der Waals surface area contributed by atoms with E-state index in [1.165, 1.54) is 6.33 Å². The van der Waals surface area contributed by atoms with Gasteiger partial charge in [0.25, 0.3) is 5.91 Å². The second-order valence-corrected chi connectivity index (χ2v) is 5.83. The molecule has 1 aliphatic rings. The molecular weight excluding hydrogens is 294 g/mol. The average molecular weight is 317 g/mol. The summed E-state index contributed by atoms with van der Waals surface area (Å²) in [7, 11) is 1.69. The Hall–Kier alpha value is -2.33. The number of hydrogen-bond acceptors (Lipinski definition) is 6. The largest absolute Gasteiger partial charge is 0.384 e. The summed E-state index contributed by atoms with van der Waals surface area (Å²) in [5, 5.41) is 2.85. The summed E-state index contributed by atoms with van der Waals surface area (Å²) < 4.78 is 5.45. The molecule has 7 nitrogen and oxygen atoms in total. The minimum atomic E-state index is -0.262. The second-order valence-electron chi connectivity index (χ2n) is 5.83. The van der Waals surface area contributed by atoms with Crippen molar-refractivity contribution in [3.63, 3.8) is 0 Å². The van der Waals surface area contributed by atoms with Gasteiger partial charge in [-0.1, -0.05) is 19.8 Å². The van der Waals surface area contributed by atoms with Crippen molar-refractivity contribution in [2.24, 2.45) is 5.92 Å². The third kappa shape index (κ3) is 4.83. The van der Waals surface area contributed by atoms with Crippen LogP contribution in [0.2, 0.25) is 0 Å². The lowest BCUT2D eigenvalue weighted by molar-refractivity contribution is -0.115. The molecule has 124 valence electrons. The number of hydrogen-bond donors (Lipinski definition) is 2. The van der Waals surface area contributed by atoms with E-state index in [-0.39, 0.29) is 24.0 Å². The molecule has 2 heterocycles. The van der Waals surface area contributed by atoms with Crippen LogP contribution >= 0.6 is 0 Å². The highest BCUT2D eigenvalue weighted by atomic mass is 16.5. The maximum atomic E-state index is 11.8. The summed E-state index contributed by atoms with van der Waals surface area (Å²) in [5.41, 5.74) is 5.73. The van der Waals surface area contributed by atoms with Crippen molar-refractivity contribution in [2.75, 3.05) is 30.8 Å². The molecule has 1 aliphatic heterocycles. The van der Waals surface area contributed by atoms with Crippen LogP contribution in [0.1, 0.15) is 20.3 Å². The fraction of sp³-hybridized carbons (Fsp3) is 0.562. The van der Waals surface area contributed by atoms with Gasteiger partial charge in [0.1, 0.15) is 18.0 Å². The van der Waals surface area contributed by atoms with Gasteiger partial charge in [-0.3, -0.25) is 4.79 Å². The minimum Gasteiger partial charge on any atom is -0.384 e. The monoisotopic (exact) mass is 317 g/mol. The first-order valence-electron chi connectivity index (χ1n) is 7.66. The van der Waals surface area contributed by atoms with Crippen LogP contribution in [0.3, 0.4) is 0 Å². The highest BCUT2D eigenvalue weighted by Gasteiger charge is 2.33. The maximum Gasteiger partial charge on any atom is 0.295 e. The topological polar surface area (TPSA) is 93.4 Å². The number of nitrogens with one attached hydrogen (secondary N) is 1. The van der Waals surface area contributed by atoms with Crippen molar-refractivity contribution >= 4 is 17.5 Å². The molecule has 0 unspecified atom stereocenters. The quantitative estimate of drug-likeness (QED) is 0.782. The van der Waals surface area contributed by atoms with Gasteiger partial charge >= 0.3 is 0 Å². The standard InChI is InChI=1S/C16H23N5O2/c1-11(2)4-5-16(22)18-8-12-6-13(23-3)9-21(12)15-7-14(17)19-10-20-15/h7,10-13H,6,8-9H2,1-3H3,(H,18,22)(H2,17,19,20)/t12-,13-/m1/s1. The van der Waals surface area contributed by atoms with E-state index in [4.69, 9.17) is 10.5 Å². The Morgan fingerprint density at radius 2 is 2.35 bits per heavy atom. The third-order valence-electron chi connectivity index (χ3n) is 3.65. The minimum absolute atomic E-state index is 0.0825. The Morgan fingerprint density at radius 3 is 3.00 bits per heavy atom. The zero-order valence-corrected chi connectivity index (χ0v) is 13.7. The van der Waals surface area contributed by atoms with Crippen molar-refractivity contribution in [3.8, 4) is 11.8 Å². The van der Waals surface area contributed by atoms with E-state index in [1.807, 2.05) is 13.8 Å². The SMILES string of the molecule is CO[C@@H]1C[C@H](CNC(=O)C#CC(C)C)N(c2cc(N)ncn2)C1. The van der Waals surface area contributed by atoms with E-state index in [9.17, 15) is 4.79 Å². The highest BCUT2D eigenvalue weighted by Crippen LogP contribution is 2.25. The summed E-state index contributed by atoms with van der Waals surface area (Å²) in [6, 6.07) is 1.81. The number of amides is 1. The molecule has 0 aliphatic carbocycles. The molecule has 0 radical (unpaired) electrons. The summed E-state index contributed by atoms with van der Waals surface area (Å²) in [5.74, 6) is 6.52. The van der Waals surface area contributed by atoms with Crippen molar-refractivity contribution in [2.45, 2.75) is 32.4 Å². The molecule has 1 aromatic rings. The number of rotatable bonds is 4. The molecule has 3 N–H and O–H groups in total. The number of anilines is 2. The molecule has 1 aromatic heterocycles. The number of carbonyl (C=O) groups is 1. The lowest BCUT2D eigenvalue weighted by Gasteiger charge is -2.25. The van der Waals surface area contributed by atoms with E-state index in [0.717, 1.165) is 12.2 Å². The zero-order valence-electron chi connectivity index (χ0n) is 13.7. The molecule has 0 bridgehead atoms. The number of ether oxygens (including phenoxy) is 1.